The van der Waals surface area contributed by atoms with Gasteiger partial charge in [0.05, 0.1) is 10.8 Å². The van der Waals surface area contributed by atoms with Crippen LogP contribution in [0.15, 0.2) is 29.2 Å². The number of likely N-dealkylation sites (tertiary alicyclic amines) is 1. The fourth-order valence-electron chi connectivity index (χ4n) is 4.08. The van der Waals surface area contributed by atoms with E-state index in [4.69, 9.17) is 5.73 Å². The number of carbonyl (C=O) groups excluding carboxylic acids is 1. The van der Waals surface area contributed by atoms with Crippen LogP contribution in [0.4, 0.5) is 0 Å². The minimum atomic E-state index is -3.56. The van der Waals surface area contributed by atoms with Gasteiger partial charge < -0.3 is 10.6 Å². The predicted octanol–water partition coefficient (Wildman–Crippen LogP) is 2.01. The van der Waals surface area contributed by atoms with Gasteiger partial charge in [-0.2, -0.15) is 4.31 Å². The summed E-state index contributed by atoms with van der Waals surface area (Å²) in [6.45, 7) is 6.01. The van der Waals surface area contributed by atoms with Gasteiger partial charge in [0.1, 0.15) is 0 Å². The van der Waals surface area contributed by atoms with Crippen LogP contribution < -0.4 is 5.73 Å². The van der Waals surface area contributed by atoms with Gasteiger partial charge in [-0.15, -0.1) is 12.4 Å². The molecule has 3 unspecified atom stereocenters. The molecule has 2 saturated heterocycles. The quantitative estimate of drug-likeness (QED) is 0.815. The number of amides is 1. The molecule has 1 amide bonds. The Bertz CT molecular complexity index is 754. The Morgan fingerprint density at radius 1 is 1.22 bits per heavy atom. The summed E-state index contributed by atoms with van der Waals surface area (Å²) in [6, 6.07) is 7.08. The van der Waals surface area contributed by atoms with E-state index in [1.807, 2.05) is 11.8 Å². The van der Waals surface area contributed by atoms with Gasteiger partial charge >= 0.3 is 0 Å². The normalized spacial score (nSPS) is 26.6. The molecule has 2 aliphatic heterocycles. The van der Waals surface area contributed by atoms with Crippen LogP contribution in [-0.4, -0.2) is 55.8 Å². The molecule has 2 N–H and O–H groups in total. The zero-order valence-corrected chi connectivity index (χ0v) is 17.6. The number of hydrogen-bond acceptors (Lipinski definition) is 4. The molecule has 27 heavy (non-hydrogen) atoms. The van der Waals surface area contributed by atoms with Crippen molar-refractivity contribution in [2.24, 2.45) is 17.6 Å². The van der Waals surface area contributed by atoms with Crippen molar-refractivity contribution in [3.05, 3.63) is 29.8 Å². The van der Waals surface area contributed by atoms with Crippen LogP contribution in [0, 0.1) is 18.8 Å². The smallest absolute Gasteiger partial charge is 0.243 e. The number of carbonyl (C=O) groups is 1. The highest BCUT2D eigenvalue weighted by Crippen LogP contribution is 2.29. The van der Waals surface area contributed by atoms with E-state index in [2.05, 4.69) is 6.92 Å². The summed E-state index contributed by atoms with van der Waals surface area (Å²) >= 11 is 0. The van der Waals surface area contributed by atoms with E-state index in [1.165, 1.54) is 4.31 Å². The van der Waals surface area contributed by atoms with E-state index < -0.39 is 10.0 Å². The number of aryl methyl sites for hydroxylation is 1. The van der Waals surface area contributed by atoms with Gasteiger partial charge in [-0.25, -0.2) is 8.42 Å². The van der Waals surface area contributed by atoms with E-state index >= 15 is 0 Å². The second kappa shape index (κ2) is 8.90. The number of benzene rings is 1. The molecule has 3 atom stereocenters. The summed E-state index contributed by atoms with van der Waals surface area (Å²) in [5.74, 6) is 0.171. The average Bonchev–Trinajstić information content (AvgIpc) is 3.02. The molecule has 1 aromatic carbocycles. The van der Waals surface area contributed by atoms with Crippen molar-refractivity contribution in [2.45, 2.75) is 44.0 Å². The fourth-order valence-corrected chi connectivity index (χ4v) is 5.60. The fraction of sp³-hybridized carbons (Fsp3) is 0.632. The lowest BCUT2D eigenvalue weighted by molar-refractivity contribution is -0.137. The van der Waals surface area contributed by atoms with Crippen LogP contribution >= 0.6 is 12.4 Å². The first-order valence-corrected chi connectivity index (χ1v) is 10.8. The number of halogens is 1. The Hall–Kier alpha value is -1.15. The van der Waals surface area contributed by atoms with Crippen molar-refractivity contribution < 1.29 is 13.2 Å². The number of piperidine rings is 1. The zero-order chi connectivity index (χ0) is 18.9. The third kappa shape index (κ3) is 4.65. The maximum atomic E-state index is 13.0. The summed E-state index contributed by atoms with van der Waals surface area (Å²) in [5, 5.41) is 0. The molecule has 0 aliphatic carbocycles. The predicted molar refractivity (Wildman–Crippen MR) is 108 cm³/mol. The van der Waals surface area contributed by atoms with Gasteiger partial charge in [-0.3, -0.25) is 4.79 Å². The Morgan fingerprint density at radius 3 is 2.48 bits per heavy atom. The summed E-state index contributed by atoms with van der Waals surface area (Å²) < 4.78 is 27.3. The Morgan fingerprint density at radius 2 is 1.89 bits per heavy atom. The van der Waals surface area contributed by atoms with Crippen LogP contribution in [0.5, 0.6) is 0 Å². The second-order valence-electron chi connectivity index (χ2n) is 7.69. The van der Waals surface area contributed by atoms with E-state index in [0.717, 1.165) is 18.4 Å². The molecular weight excluding hydrogens is 386 g/mol. The lowest BCUT2D eigenvalue weighted by Crippen LogP contribution is -2.47. The molecule has 8 heteroatoms. The molecule has 0 saturated carbocycles. The summed E-state index contributed by atoms with van der Waals surface area (Å²) in [7, 11) is -3.56. The number of nitrogens with zero attached hydrogens (tertiary/aromatic N) is 2. The number of rotatable bonds is 4. The third-order valence-electron chi connectivity index (χ3n) is 5.67. The van der Waals surface area contributed by atoms with Gasteiger partial charge in [0.2, 0.25) is 15.9 Å². The van der Waals surface area contributed by atoms with E-state index in [9.17, 15) is 13.2 Å². The van der Waals surface area contributed by atoms with Gasteiger partial charge in [0.25, 0.3) is 0 Å². The number of hydrogen-bond donors (Lipinski definition) is 1. The molecule has 2 aliphatic rings. The molecule has 3 rings (SSSR count). The highest BCUT2D eigenvalue weighted by atomic mass is 35.5. The first-order valence-electron chi connectivity index (χ1n) is 9.40. The largest absolute Gasteiger partial charge is 0.339 e. The maximum absolute atomic E-state index is 13.0. The van der Waals surface area contributed by atoms with Crippen molar-refractivity contribution in [3.8, 4) is 0 Å². The highest BCUT2D eigenvalue weighted by molar-refractivity contribution is 7.89. The van der Waals surface area contributed by atoms with Crippen molar-refractivity contribution in [2.75, 3.05) is 26.2 Å². The molecule has 6 nitrogen and oxygen atoms in total. The SMILES string of the molecule is Cc1ccc(S(=O)(=O)N2CCCC(C(=O)N3CC(CN)CC3C)C2)cc1.Cl. The minimum Gasteiger partial charge on any atom is -0.339 e. The first kappa shape index (κ1) is 22.1. The highest BCUT2D eigenvalue weighted by Gasteiger charge is 2.39. The van der Waals surface area contributed by atoms with Crippen LogP contribution in [-0.2, 0) is 14.8 Å². The van der Waals surface area contributed by atoms with Crippen molar-refractivity contribution in [1.29, 1.82) is 0 Å². The van der Waals surface area contributed by atoms with E-state index in [1.54, 1.807) is 24.3 Å². The van der Waals surface area contributed by atoms with Gasteiger partial charge in [0, 0.05) is 25.7 Å². The Kier molecular flexibility index (Phi) is 7.30. The molecule has 0 aromatic heterocycles. The summed E-state index contributed by atoms with van der Waals surface area (Å²) in [6.07, 6.45) is 2.39. The standard InChI is InChI=1S/C19H29N3O3S.ClH/c1-14-5-7-18(8-6-14)26(24,25)21-9-3-4-17(13-21)19(23)22-12-16(11-20)10-15(22)2;/h5-8,15-17H,3-4,9-13,20H2,1-2H3;1H. The molecule has 152 valence electrons. The summed E-state index contributed by atoms with van der Waals surface area (Å²) in [5.41, 5.74) is 6.79. The zero-order valence-electron chi connectivity index (χ0n) is 16.0. The summed E-state index contributed by atoms with van der Waals surface area (Å²) in [4.78, 5) is 15.2. The monoisotopic (exact) mass is 415 g/mol. The van der Waals surface area contributed by atoms with Crippen molar-refractivity contribution >= 4 is 28.3 Å². The minimum absolute atomic E-state index is 0. The Balaban J connectivity index is 0.00000261. The Labute approximate surface area is 168 Å². The molecular formula is C19H30ClN3O3S. The molecule has 1 aromatic rings. The molecule has 2 fully saturated rings. The second-order valence-corrected chi connectivity index (χ2v) is 9.63. The molecule has 0 spiro atoms. The van der Waals surface area contributed by atoms with Gasteiger partial charge in [-0.1, -0.05) is 17.7 Å². The van der Waals surface area contributed by atoms with Crippen LogP contribution in [0.1, 0.15) is 31.7 Å². The third-order valence-corrected chi connectivity index (χ3v) is 7.55. The van der Waals surface area contributed by atoms with Crippen LogP contribution in [0.25, 0.3) is 0 Å². The van der Waals surface area contributed by atoms with Gasteiger partial charge in [0.15, 0.2) is 0 Å². The molecule has 0 bridgehead atoms. The molecule has 2 heterocycles. The van der Waals surface area contributed by atoms with Crippen LogP contribution in [0.3, 0.4) is 0 Å². The number of sulfonamides is 1. The van der Waals surface area contributed by atoms with E-state index in [-0.39, 0.29) is 36.8 Å². The van der Waals surface area contributed by atoms with Gasteiger partial charge in [-0.05, 0) is 57.7 Å². The van der Waals surface area contributed by atoms with Crippen molar-refractivity contribution in [3.63, 3.8) is 0 Å². The molecule has 0 radical (unpaired) electrons. The lowest BCUT2D eigenvalue weighted by atomic mass is 9.98. The van der Waals surface area contributed by atoms with E-state index in [0.29, 0.717) is 36.9 Å². The topological polar surface area (TPSA) is 83.7 Å². The van der Waals surface area contributed by atoms with Crippen LogP contribution in [0.2, 0.25) is 0 Å². The maximum Gasteiger partial charge on any atom is 0.243 e. The lowest BCUT2D eigenvalue weighted by Gasteiger charge is -2.34. The number of nitrogens with two attached hydrogens (primary N) is 1. The van der Waals surface area contributed by atoms with Crippen molar-refractivity contribution in [1.82, 2.24) is 9.21 Å². The first-order chi connectivity index (χ1) is 12.3. The average molecular weight is 416 g/mol.